The number of ether oxygens (including phenoxy) is 2. The number of fused-ring (bicyclic) bond motifs is 1. The first kappa shape index (κ1) is 13.6. The van der Waals surface area contributed by atoms with Crippen LogP contribution < -0.4 is 20.5 Å². The third-order valence-corrected chi connectivity index (χ3v) is 3.68. The van der Waals surface area contributed by atoms with Gasteiger partial charge in [0, 0.05) is 18.7 Å². The Morgan fingerprint density at radius 1 is 1.05 bits per heavy atom. The Morgan fingerprint density at radius 2 is 1.71 bits per heavy atom. The molecule has 2 aromatic rings. The molecule has 110 valence electrons. The average molecular weight is 284 g/mol. The van der Waals surface area contributed by atoms with Gasteiger partial charge in [-0.2, -0.15) is 0 Å². The second kappa shape index (κ2) is 5.95. The topological polar surface area (TPSA) is 56.5 Å². The van der Waals surface area contributed by atoms with E-state index >= 15 is 0 Å². The molecule has 4 nitrogen and oxygen atoms in total. The summed E-state index contributed by atoms with van der Waals surface area (Å²) in [7, 11) is 0. The number of anilines is 2. The highest BCUT2D eigenvalue weighted by molar-refractivity contribution is 5.72. The van der Waals surface area contributed by atoms with Crippen LogP contribution >= 0.6 is 0 Å². The molecule has 0 radical (unpaired) electrons. The van der Waals surface area contributed by atoms with Crippen molar-refractivity contribution in [3.05, 3.63) is 47.5 Å². The number of nitrogens with two attached hydrogens (primary N) is 1. The predicted molar refractivity (Wildman–Crippen MR) is 85.0 cm³/mol. The van der Waals surface area contributed by atoms with E-state index in [9.17, 15) is 0 Å². The van der Waals surface area contributed by atoms with Gasteiger partial charge in [-0.1, -0.05) is 31.2 Å². The van der Waals surface area contributed by atoms with Crippen molar-refractivity contribution in [3.8, 4) is 11.5 Å². The first-order valence-electron chi connectivity index (χ1n) is 7.27. The van der Waals surface area contributed by atoms with E-state index < -0.39 is 0 Å². The Balaban J connectivity index is 1.79. The van der Waals surface area contributed by atoms with Crippen LogP contribution in [0.2, 0.25) is 0 Å². The number of hydrogen-bond acceptors (Lipinski definition) is 4. The Kier molecular flexibility index (Phi) is 3.86. The molecule has 0 unspecified atom stereocenters. The molecule has 0 aromatic heterocycles. The molecule has 1 aliphatic heterocycles. The van der Waals surface area contributed by atoms with E-state index in [2.05, 4.69) is 36.5 Å². The Labute approximate surface area is 124 Å². The molecule has 4 heteroatoms. The number of aryl methyl sites for hydroxylation is 1. The van der Waals surface area contributed by atoms with Gasteiger partial charge in [0.05, 0.1) is 11.4 Å². The van der Waals surface area contributed by atoms with Crippen LogP contribution in [-0.2, 0) is 13.0 Å². The third kappa shape index (κ3) is 2.89. The molecule has 0 saturated heterocycles. The molecule has 3 rings (SSSR count). The molecule has 0 fully saturated rings. The molecule has 21 heavy (non-hydrogen) atoms. The average Bonchev–Trinajstić information content (AvgIpc) is 2.53. The standard InChI is InChI=1S/C17H20N2O2/c1-2-12-5-3-4-6-13(12)11-19-15-10-17-16(9-14(15)18)20-7-8-21-17/h3-6,9-10,19H,2,7-8,11,18H2,1H3. The quantitative estimate of drug-likeness (QED) is 0.846. The van der Waals surface area contributed by atoms with Crippen LogP contribution in [-0.4, -0.2) is 13.2 Å². The Bertz CT molecular complexity index is 641. The first-order valence-corrected chi connectivity index (χ1v) is 7.27. The smallest absolute Gasteiger partial charge is 0.163 e. The SMILES string of the molecule is CCc1ccccc1CNc1cc2c(cc1N)OCCO2. The number of rotatable bonds is 4. The summed E-state index contributed by atoms with van der Waals surface area (Å²) in [5.74, 6) is 1.47. The monoisotopic (exact) mass is 284 g/mol. The lowest BCUT2D eigenvalue weighted by molar-refractivity contribution is 0.172. The van der Waals surface area contributed by atoms with Gasteiger partial charge < -0.3 is 20.5 Å². The largest absolute Gasteiger partial charge is 0.486 e. The van der Waals surface area contributed by atoms with E-state index in [0.717, 1.165) is 30.2 Å². The van der Waals surface area contributed by atoms with Gasteiger partial charge in [0.1, 0.15) is 13.2 Å². The molecule has 0 saturated carbocycles. The minimum atomic E-state index is 0.573. The minimum absolute atomic E-state index is 0.573. The summed E-state index contributed by atoms with van der Waals surface area (Å²) in [6.45, 7) is 4.06. The van der Waals surface area contributed by atoms with Crippen molar-refractivity contribution < 1.29 is 9.47 Å². The van der Waals surface area contributed by atoms with Crippen LogP contribution in [0.1, 0.15) is 18.1 Å². The highest BCUT2D eigenvalue weighted by atomic mass is 16.6. The fourth-order valence-electron chi connectivity index (χ4n) is 2.52. The van der Waals surface area contributed by atoms with Crippen LogP contribution in [0.3, 0.4) is 0 Å². The number of benzene rings is 2. The van der Waals surface area contributed by atoms with Crippen LogP contribution in [0, 0.1) is 0 Å². The highest BCUT2D eigenvalue weighted by Gasteiger charge is 2.14. The zero-order valence-electron chi connectivity index (χ0n) is 12.2. The number of hydrogen-bond donors (Lipinski definition) is 2. The van der Waals surface area contributed by atoms with Crippen LogP contribution in [0.15, 0.2) is 36.4 Å². The van der Waals surface area contributed by atoms with Gasteiger partial charge in [-0.15, -0.1) is 0 Å². The Hall–Kier alpha value is -2.36. The van der Waals surface area contributed by atoms with Crippen molar-refractivity contribution in [1.29, 1.82) is 0 Å². The van der Waals surface area contributed by atoms with Crippen molar-refractivity contribution >= 4 is 11.4 Å². The molecule has 0 spiro atoms. The third-order valence-electron chi connectivity index (χ3n) is 3.68. The zero-order chi connectivity index (χ0) is 14.7. The second-order valence-electron chi connectivity index (χ2n) is 5.06. The van der Waals surface area contributed by atoms with E-state index in [1.54, 1.807) is 0 Å². The van der Waals surface area contributed by atoms with E-state index in [1.165, 1.54) is 11.1 Å². The molecule has 2 aromatic carbocycles. The molecule has 0 bridgehead atoms. The van der Waals surface area contributed by atoms with Gasteiger partial charge >= 0.3 is 0 Å². The molecule has 1 aliphatic rings. The van der Waals surface area contributed by atoms with Gasteiger partial charge in [-0.05, 0) is 17.5 Å². The van der Waals surface area contributed by atoms with Gasteiger partial charge in [0.25, 0.3) is 0 Å². The second-order valence-corrected chi connectivity index (χ2v) is 5.06. The lowest BCUT2D eigenvalue weighted by Gasteiger charge is -2.21. The number of nitrogen functional groups attached to an aromatic ring is 1. The lowest BCUT2D eigenvalue weighted by atomic mass is 10.1. The Morgan fingerprint density at radius 3 is 2.43 bits per heavy atom. The number of nitrogens with one attached hydrogen (secondary N) is 1. The summed E-state index contributed by atoms with van der Waals surface area (Å²) in [6, 6.07) is 12.2. The van der Waals surface area contributed by atoms with Crippen LogP contribution in [0.4, 0.5) is 11.4 Å². The van der Waals surface area contributed by atoms with E-state index in [0.29, 0.717) is 18.9 Å². The fraction of sp³-hybridized carbons (Fsp3) is 0.294. The summed E-state index contributed by atoms with van der Waals surface area (Å²) in [4.78, 5) is 0. The predicted octanol–water partition coefficient (Wildman–Crippen LogP) is 3.21. The first-order chi connectivity index (χ1) is 10.3. The summed E-state index contributed by atoms with van der Waals surface area (Å²) in [5.41, 5.74) is 10.3. The molecule has 1 heterocycles. The van der Waals surface area contributed by atoms with Gasteiger partial charge in [-0.25, -0.2) is 0 Å². The van der Waals surface area contributed by atoms with Crippen molar-refractivity contribution in [2.75, 3.05) is 24.3 Å². The van der Waals surface area contributed by atoms with E-state index in [4.69, 9.17) is 15.2 Å². The van der Waals surface area contributed by atoms with Crippen molar-refractivity contribution in [3.63, 3.8) is 0 Å². The summed E-state index contributed by atoms with van der Waals surface area (Å²) < 4.78 is 11.1. The van der Waals surface area contributed by atoms with E-state index in [-0.39, 0.29) is 0 Å². The molecular weight excluding hydrogens is 264 g/mol. The fourth-order valence-corrected chi connectivity index (χ4v) is 2.52. The normalized spacial score (nSPS) is 13.0. The molecular formula is C17H20N2O2. The van der Waals surface area contributed by atoms with Crippen LogP contribution in [0.5, 0.6) is 11.5 Å². The highest BCUT2D eigenvalue weighted by Crippen LogP contribution is 2.37. The molecule has 3 N–H and O–H groups in total. The summed E-state index contributed by atoms with van der Waals surface area (Å²) >= 11 is 0. The van der Waals surface area contributed by atoms with Gasteiger partial charge in [-0.3, -0.25) is 0 Å². The minimum Gasteiger partial charge on any atom is -0.486 e. The van der Waals surface area contributed by atoms with Gasteiger partial charge in [0.15, 0.2) is 11.5 Å². The lowest BCUT2D eigenvalue weighted by Crippen LogP contribution is -2.16. The summed E-state index contributed by atoms with van der Waals surface area (Å²) in [5, 5.41) is 3.39. The van der Waals surface area contributed by atoms with Crippen LogP contribution in [0.25, 0.3) is 0 Å². The maximum Gasteiger partial charge on any atom is 0.163 e. The maximum absolute atomic E-state index is 6.08. The summed E-state index contributed by atoms with van der Waals surface area (Å²) in [6.07, 6.45) is 1.02. The van der Waals surface area contributed by atoms with Gasteiger partial charge in [0.2, 0.25) is 0 Å². The van der Waals surface area contributed by atoms with E-state index in [1.807, 2.05) is 12.1 Å². The van der Waals surface area contributed by atoms with Crippen molar-refractivity contribution in [1.82, 2.24) is 0 Å². The molecule has 0 amide bonds. The maximum atomic E-state index is 6.08. The zero-order valence-corrected chi connectivity index (χ0v) is 12.2. The van der Waals surface area contributed by atoms with Crippen molar-refractivity contribution in [2.24, 2.45) is 0 Å². The molecule has 0 aliphatic carbocycles. The van der Waals surface area contributed by atoms with Crippen molar-refractivity contribution in [2.45, 2.75) is 19.9 Å². The molecule has 0 atom stereocenters.